The quantitative estimate of drug-likeness (QED) is 0.0889. The van der Waals surface area contributed by atoms with Crippen molar-refractivity contribution in [3.8, 4) is 0 Å². The molecule has 1 heterocycles. The van der Waals surface area contributed by atoms with Crippen molar-refractivity contribution < 1.29 is 4.79 Å². The SMILES string of the molecule is O=C(NNC(=S)CCCCc1cn(C(c2ccccc2)(c2ccccc2)c2ccccc2)cn1)c1ccccc1. The summed E-state index contributed by atoms with van der Waals surface area (Å²) >= 11 is 5.42. The number of hydrazine groups is 1. The summed E-state index contributed by atoms with van der Waals surface area (Å²) < 4.78 is 2.24. The van der Waals surface area contributed by atoms with Crippen molar-refractivity contribution in [3.63, 3.8) is 0 Å². The largest absolute Gasteiger partial charge is 0.319 e. The summed E-state index contributed by atoms with van der Waals surface area (Å²) in [5, 5.41) is 0. The normalized spacial score (nSPS) is 11.1. The average molecular weight is 545 g/mol. The third-order valence-electron chi connectivity index (χ3n) is 7.04. The Labute approximate surface area is 240 Å². The van der Waals surface area contributed by atoms with Crippen molar-refractivity contribution in [2.45, 2.75) is 31.2 Å². The number of nitrogens with zero attached hydrogens (tertiary/aromatic N) is 2. The molecule has 0 aliphatic heterocycles. The number of hydrogen-bond acceptors (Lipinski definition) is 3. The highest BCUT2D eigenvalue weighted by Gasteiger charge is 2.38. The van der Waals surface area contributed by atoms with Crippen LogP contribution in [0.4, 0.5) is 0 Å². The van der Waals surface area contributed by atoms with Gasteiger partial charge in [0, 0.05) is 11.8 Å². The molecular formula is C34H32N4OS. The molecule has 0 saturated heterocycles. The summed E-state index contributed by atoms with van der Waals surface area (Å²) in [5.74, 6) is -0.202. The summed E-state index contributed by atoms with van der Waals surface area (Å²) in [5.41, 5.74) is 10.1. The third kappa shape index (κ3) is 6.03. The Morgan fingerprint density at radius 3 is 1.73 bits per heavy atom. The van der Waals surface area contributed by atoms with E-state index in [0.29, 0.717) is 17.0 Å². The number of amides is 1. The zero-order valence-corrected chi connectivity index (χ0v) is 23.1. The van der Waals surface area contributed by atoms with Crippen molar-refractivity contribution in [3.05, 3.63) is 162 Å². The number of thiocarbonyl (C=S) groups is 1. The van der Waals surface area contributed by atoms with E-state index in [1.165, 1.54) is 16.7 Å². The molecule has 5 aromatic rings. The summed E-state index contributed by atoms with van der Waals surface area (Å²) in [6, 6.07) is 40.9. The molecule has 40 heavy (non-hydrogen) atoms. The first-order valence-electron chi connectivity index (χ1n) is 13.5. The lowest BCUT2D eigenvalue weighted by atomic mass is 9.77. The molecular weight excluding hydrogens is 512 g/mol. The first-order valence-corrected chi connectivity index (χ1v) is 13.9. The van der Waals surface area contributed by atoms with Crippen LogP contribution in [0.2, 0.25) is 0 Å². The third-order valence-corrected chi connectivity index (χ3v) is 7.34. The van der Waals surface area contributed by atoms with Crippen LogP contribution >= 0.6 is 12.2 Å². The molecule has 0 aliphatic carbocycles. The maximum Gasteiger partial charge on any atom is 0.269 e. The van der Waals surface area contributed by atoms with Crippen molar-refractivity contribution in [2.24, 2.45) is 0 Å². The van der Waals surface area contributed by atoms with E-state index in [1.54, 1.807) is 12.1 Å². The molecule has 4 aromatic carbocycles. The van der Waals surface area contributed by atoms with Crippen LogP contribution in [0.15, 0.2) is 134 Å². The topological polar surface area (TPSA) is 59.0 Å². The van der Waals surface area contributed by atoms with Gasteiger partial charge in [0.1, 0.15) is 5.54 Å². The van der Waals surface area contributed by atoms with E-state index in [1.807, 2.05) is 24.5 Å². The molecule has 5 rings (SSSR count). The number of aryl methyl sites for hydroxylation is 1. The van der Waals surface area contributed by atoms with Gasteiger partial charge >= 0.3 is 0 Å². The summed E-state index contributed by atoms with van der Waals surface area (Å²) in [6.07, 6.45) is 7.46. The van der Waals surface area contributed by atoms with E-state index < -0.39 is 5.54 Å². The zero-order valence-electron chi connectivity index (χ0n) is 22.2. The van der Waals surface area contributed by atoms with Gasteiger partial charge in [0.05, 0.1) is 17.0 Å². The van der Waals surface area contributed by atoms with Gasteiger partial charge in [-0.15, -0.1) is 0 Å². The Morgan fingerprint density at radius 1 is 0.700 bits per heavy atom. The Morgan fingerprint density at radius 2 is 1.20 bits per heavy atom. The van der Waals surface area contributed by atoms with E-state index >= 15 is 0 Å². The van der Waals surface area contributed by atoms with Gasteiger partial charge in [-0.2, -0.15) is 0 Å². The maximum absolute atomic E-state index is 12.2. The van der Waals surface area contributed by atoms with Crippen molar-refractivity contribution in [2.75, 3.05) is 0 Å². The summed E-state index contributed by atoms with van der Waals surface area (Å²) in [6.45, 7) is 0. The molecule has 0 saturated carbocycles. The first kappa shape index (κ1) is 27.0. The molecule has 0 unspecified atom stereocenters. The predicted octanol–water partition coefficient (Wildman–Crippen LogP) is 6.70. The molecule has 0 fully saturated rings. The van der Waals surface area contributed by atoms with Gasteiger partial charge < -0.3 is 4.57 Å². The number of nitrogens with one attached hydrogen (secondary N) is 2. The van der Waals surface area contributed by atoms with Gasteiger partial charge in [-0.25, -0.2) is 4.98 Å². The number of unbranched alkanes of at least 4 members (excludes halogenated alkanes) is 1. The van der Waals surface area contributed by atoms with Crippen LogP contribution in [0.25, 0.3) is 0 Å². The van der Waals surface area contributed by atoms with Crippen LogP contribution in [-0.2, 0) is 12.0 Å². The highest BCUT2D eigenvalue weighted by molar-refractivity contribution is 7.80. The second-order valence-corrected chi connectivity index (χ2v) is 10.1. The van der Waals surface area contributed by atoms with Crippen LogP contribution in [0.5, 0.6) is 0 Å². The lowest BCUT2D eigenvalue weighted by Crippen LogP contribution is -2.40. The number of carbonyl (C=O) groups excluding carboxylic acids is 1. The molecule has 0 atom stereocenters. The van der Waals surface area contributed by atoms with Gasteiger partial charge in [-0.1, -0.05) is 121 Å². The highest BCUT2D eigenvalue weighted by Crippen LogP contribution is 2.40. The average Bonchev–Trinajstić information content (AvgIpc) is 3.49. The molecule has 1 aromatic heterocycles. The molecule has 2 N–H and O–H groups in total. The van der Waals surface area contributed by atoms with Gasteiger partial charge in [0.15, 0.2) is 0 Å². The highest BCUT2D eigenvalue weighted by atomic mass is 32.1. The minimum Gasteiger partial charge on any atom is -0.319 e. The fourth-order valence-corrected chi connectivity index (χ4v) is 5.30. The zero-order chi connectivity index (χ0) is 27.6. The molecule has 5 nitrogen and oxygen atoms in total. The van der Waals surface area contributed by atoms with E-state index in [9.17, 15) is 4.79 Å². The maximum atomic E-state index is 12.2. The second-order valence-electron chi connectivity index (χ2n) is 9.66. The number of aromatic nitrogens is 2. The van der Waals surface area contributed by atoms with Crippen LogP contribution in [0, 0.1) is 0 Å². The van der Waals surface area contributed by atoms with Crippen LogP contribution in [0.3, 0.4) is 0 Å². The van der Waals surface area contributed by atoms with Gasteiger partial charge in [-0.05, 0) is 54.5 Å². The van der Waals surface area contributed by atoms with Gasteiger partial charge in [0.2, 0.25) is 0 Å². The monoisotopic (exact) mass is 544 g/mol. The van der Waals surface area contributed by atoms with Crippen molar-refractivity contribution in [1.82, 2.24) is 20.4 Å². The smallest absolute Gasteiger partial charge is 0.269 e. The molecule has 6 heteroatoms. The molecule has 0 radical (unpaired) electrons. The number of rotatable bonds is 10. The standard InChI is InChI=1S/C34H32N4OS/c39-33(27-15-5-1-6-16-27)37-36-32(40)24-14-13-23-31-25-38(26-35-31)34(28-17-7-2-8-18-28,29-19-9-3-10-20-29)30-21-11-4-12-22-30/h1-12,15-22,25-26H,13-14,23-24H2,(H,36,40)(H,37,39). The first-order chi connectivity index (χ1) is 19.7. The lowest BCUT2D eigenvalue weighted by Gasteiger charge is -2.37. The van der Waals surface area contributed by atoms with Gasteiger partial charge in [-0.3, -0.25) is 15.6 Å². The minimum atomic E-state index is -0.558. The van der Waals surface area contributed by atoms with E-state index in [2.05, 4.69) is 113 Å². The predicted molar refractivity (Wildman–Crippen MR) is 164 cm³/mol. The van der Waals surface area contributed by atoms with Crippen molar-refractivity contribution in [1.29, 1.82) is 0 Å². The number of benzene rings is 4. The van der Waals surface area contributed by atoms with Crippen LogP contribution < -0.4 is 10.9 Å². The summed E-state index contributed by atoms with van der Waals surface area (Å²) in [4.78, 5) is 17.7. The summed E-state index contributed by atoms with van der Waals surface area (Å²) in [7, 11) is 0. The fourth-order valence-electron chi connectivity index (χ4n) is 5.10. The van der Waals surface area contributed by atoms with Gasteiger partial charge in [0.25, 0.3) is 5.91 Å². The lowest BCUT2D eigenvalue weighted by molar-refractivity contribution is 0.0944. The Bertz CT molecular complexity index is 1420. The molecule has 200 valence electrons. The van der Waals surface area contributed by atoms with Crippen LogP contribution in [0.1, 0.15) is 52.0 Å². The molecule has 0 bridgehead atoms. The van der Waals surface area contributed by atoms with E-state index in [4.69, 9.17) is 17.2 Å². The Kier molecular flexibility index (Phi) is 8.79. The van der Waals surface area contributed by atoms with E-state index in [-0.39, 0.29) is 5.91 Å². The van der Waals surface area contributed by atoms with Crippen molar-refractivity contribution >= 4 is 23.1 Å². The fraction of sp³-hybridized carbons (Fsp3) is 0.147. The molecule has 0 aliphatic rings. The van der Waals surface area contributed by atoms with Crippen LogP contribution in [-0.4, -0.2) is 20.4 Å². The number of imidazole rings is 1. The molecule has 1 amide bonds. The minimum absolute atomic E-state index is 0.202. The Balaban J connectivity index is 1.29. The number of hydrogen-bond donors (Lipinski definition) is 2. The Hall–Kier alpha value is -4.55. The number of carbonyl (C=O) groups is 1. The van der Waals surface area contributed by atoms with E-state index in [0.717, 1.165) is 25.0 Å². The second kappa shape index (κ2) is 13.0. The molecule has 0 spiro atoms.